The van der Waals surface area contributed by atoms with Crippen LogP contribution in [0.3, 0.4) is 0 Å². The zero-order valence-corrected chi connectivity index (χ0v) is 14.3. The predicted molar refractivity (Wildman–Crippen MR) is 91.8 cm³/mol. The smallest absolute Gasteiger partial charge is 0.275 e. The number of halogens is 3. The van der Waals surface area contributed by atoms with Crippen molar-refractivity contribution in [3.63, 3.8) is 0 Å². The van der Waals surface area contributed by atoms with E-state index in [1.807, 2.05) is 0 Å². The Labute approximate surface area is 152 Å². The molecule has 0 aliphatic carbocycles. The zero-order chi connectivity index (χ0) is 18.6. The monoisotopic (exact) mass is 383 g/mol. The van der Waals surface area contributed by atoms with Crippen LogP contribution in [0.4, 0.5) is 4.39 Å². The molecule has 0 saturated carbocycles. The van der Waals surface area contributed by atoms with Crippen molar-refractivity contribution < 1.29 is 19.2 Å². The van der Waals surface area contributed by atoms with Gasteiger partial charge in [-0.2, -0.15) is 5.10 Å². The highest BCUT2D eigenvalue weighted by Gasteiger charge is 2.15. The molecule has 0 heterocycles. The van der Waals surface area contributed by atoms with E-state index in [1.54, 1.807) is 0 Å². The molecular formula is C16H12Cl2FN3O3. The van der Waals surface area contributed by atoms with Gasteiger partial charge in [-0.3, -0.25) is 14.8 Å². The maximum absolute atomic E-state index is 13.9. The molecule has 0 fully saturated rings. The van der Waals surface area contributed by atoms with Gasteiger partial charge in [0.05, 0.1) is 16.8 Å². The van der Waals surface area contributed by atoms with Crippen molar-refractivity contribution in [2.45, 2.75) is 0 Å². The van der Waals surface area contributed by atoms with Crippen molar-refractivity contribution in [2.75, 3.05) is 7.05 Å². The third-order valence-electron chi connectivity index (χ3n) is 3.19. The van der Waals surface area contributed by atoms with Gasteiger partial charge in [0, 0.05) is 23.2 Å². The van der Waals surface area contributed by atoms with E-state index >= 15 is 0 Å². The van der Waals surface area contributed by atoms with E-state index in [4.69, 9.17) is 28.4 Å². The van der Waals surface area contributed by atoms with E-state index in [2.05, 4.69) is 5.10 Å². The fraction of sp³-hybridized carbons (Fsp3) is 0.0625. The number of amides is 2. The van der Waals surface area contributed by atoms with E-state index < -0.39 is 17.6 Å². The first-order valence-corrected chi connectivity index (χ1v) is 7.60. The molecule has 2 aromatic carbocycles. The molecule has 2 N–H and O–H groups in total. The molecular weight excluding hydrogens is 372 g/mol. The molecule has 2 amide bonds. The highest BCUT2D eigenvalue weighted by Crippen LogP contribution is 2.22. The van der Waals surface area contributed by atoms with Gasteiger partial charge < -0.3 is 0 Å². The molecule has 2 rings (SSSR count). The number of benzene rings is 2. The summed E-state index contributed by atoms with van der Waals surface area (Å²) in [5.41, 5.74) is 1.59. The molecule has 0 aliphatic rings. The Morgan fingerprint density at radius 1 is 1.24 bits per heavy atom. The molecule has 130 valence electrons. The van der Waals surface area contributed by atoms with Gasteiger partial charge >= 0.3 is 0 Å². The van der Waals surface area contributed by atoms with Crippen LogP contribution in [0.15, 0.2) is 41.5 Å². The van der Waals surface area contributed by atoms with Gasteiger partial charge in [-0.1, -0.05) is 23.2 Å². The fourth-order valence-corrected chi connectivity index (χ4v) is 2.37. The van der Waals surface area contributed by atoms with Gasteiger partial charge in [0.25, 0.3) is 11.8 Å². The summed E-state index contributed by atoms with van der Waals surface area (Å²) < 4.78 is 13.9. The van der Waals surface area contributed by atoms with Gasteiger partial charge in [-0.05, 0) is 36.4 Å². The van der Waals surface area contributed by atoms with Crippen LogP contribution in [0.25, 0.3) is 0 Å². The van der Waals surface area contributed by atoms with Crippen LogP contribution in [-0.4, -0.2) is 35.3 Å². The Hall–Kier alpha value is -2.48. The van der Waals surface area contributed by atoms with Crippen LogP contribution in [0.1, 0.15) is 26.3 Å². The Morgan fingerprint density at radius 3 is 2.56 bits per heavy atom. The third kappa shape index (κ3) is 4.54. The summed E-state index contributed by atoms with van der Waals surface area (Å²) in [5, 5.41) is 13.9. The number of hydrazone groups is 1. The highest BCUT2D eigenvalue weighted by atomic mass is 35.5. The maximum atomic E-state index is 13.9. The van der Waals surface area contributed by atoms with Crippen LogP contribution < -0.4 is 5.48 Å². The van der Waals surface area contributed by atoms with Gasteiger partial charge in [0.2, 0.25) is 0 Å². The van der Waals surface area contributed by atoms with Gasteiger partial charge in [0.15, 0.2) is 0 Å². The van der Waals surface area contributed by atoms with Crippen molar-refractivity contribution in [3.05, 3.63) is 69.0 Å². The molecule has 25 heavy (non-hydrogen) atoms. The largest absolute Gasteiger partial charge is 0.288 e. The normalized spacial score (nSPS) is 10.8. The molecule has 0 atom stereocenters. The molecule has 0 unspecified atom stereocenters. The van der Waals surface area contributed by atoms with Crippen LogP contribution in [0.2, 0.25) is 10.0 Å². The highest BCUT2D eigenvalue weighted by molar-refractivity contribution is 6.36. The Bertz CT molecular complexity index is 859. The number of nitrogens with one attached hydrogen (secondary N) is 1. The van der Waals surface area contributed by atoms with Crippen molar-refractivity contribution in [1.29, 1.82) is 0 Å². The van der Waals surface area contributed by atoms with Crippen molar-refractivity contribution in [2.24, 2.45) is 5.10 Å². The van der Waals surface area contributed by atoms with Gasteiger partial charge in [-0.15, -0.1) is 0 Å². The lowest BCUT2D eigenvalue weighted by Crippen LogP contribution is -2.22. The number of hydrogen-bond acceptors (Lipinski definition) is 4. The minimum Gasteiger partial charge on any atom is -0.288 e. The number of carbonyl (C=O) groups excluding carboxylic acids is 2. The summed E-state index contributed by atoms with van der Waals surface area (Å²) in [6.07, 6.45) is 1.12. The number of hydroxylamine groups is 1. The van der Waals surface area contributed by atoms with Crippen LogP contribution in [-0.2, 0) is 0 Å². The first kappa shape index (κ1) is 18.9. The van der Waals surface area contributed by atoms with Crippen LogP contribution in [0, 0.1) is 5.82 Å². The lowest BCUT2D eigenvalue weighted by atomic mass is 10.1. The Balaban J connectivity index is 2.18. The van der Waals surface area contributed by atoms with Crippen LogP contribution in [0.5, 0.6) is 0 Å². The minimum atomic E-state index is -0.841. The standard InChI is InChI=1S/C16H12Cl2FN3O3/c1-22(16(24)12-5-4-11(17)7-13(12)18)20-8-10-3-2-9(6-14(10)19)15(23)21-25/h2-8,25H,1H3,(H,21,23). The summed E-state index contributed by atoms with van der Waals surface area (Å²) in [6, 6.07) is 7.93. The van der Waals surface area contributed by atoms with E-state index in [0.29, 0.717) is 5.02 Å². The van der Waals surface area contributed by atoms with Gasteiger partial charge in [-0.25, -0.2) is 14.9 Å². The summed E-state index contributed by atoms with van der Waals surface area (Å²) in [4.78, 5) is 23.5. The lowest BCUT2D eigenvalue weighted by molar-refractivity contribution is 0.0705. The third-order valence-corrected chi connectivity index (χ3v) is 3.74. The SMILES string of the molecule is CN(N=Cc1ccc(C(=O)NO)cc1F)C(=O)c1ccc(Cl)cc1Cl. The minimum absolute atomic E-state index is 0.0522. The van der Waals surface area contributed by atoms with Crippen molar-refractivity contribution in [3.8, 4) is 0 Å². The second kappa shape index (κ2) is 8.06. The number of hydrogen-bond donors (Lipinski definition) is 2. The summed E-state index contributed by atoms with van der Waals surface area (Å²) >= 11 is 11.8. The van der Waals surface area contributed by atoms with Gasteiger partial charge in [0.1, 0.15) is 5.82 Å². The second-order valence-electron chi connectivity index (χ2n) is 4.87. The molecule has 2 aromatic rings. The van der Waals surface area contributed by atoms with E-state index in [9.17, 15) is 14.0 Å². The molecule has 0 aliphatic heterocycles. The lowest BCUT2D eigenvalue weighted by Gasteiger charge is -2.12. The summed E-state index contributed by atoms with van der Waals surface area (Å²) in [7, 11) is 1.38. The van der Waals surface area contributed by atoms with E-state index in [-0.39, 0.29) is 21.7 Å². The molecule has 0 saturated heterocycles. The Kier molecular flexibility index (Phi) is 6.08. The first-order chi connectivity index (χ1) is 11.8. The average Bonchev–Trinajstić information content (AvgIpc) is 2.59. The van der Waals surface area contributed by atoms with Crippen molar-refractivity contribution >= 4 is 41.2 Å². The number of nitrogens with zero attached hydrogens (tertiary/aromatic N) is 2. The Morgan fingerprint density at radius 2 is 1.96 bits per heavy atom. The molecule has 6 nitrogen and oxygen atoms in total. The van der Waals surface area contributed by atoms with Crippen molar-refractivity contribution in [1.82, 2.24) is 10.5 Å². The fourth-order valence-electron chi connectivity index (χ4n) is 1.88. The van der Waals surface area contributed by atoms with Crippen LogP contribution >= 0.6 is 23.2 Å². The van der Waals surface area contributed by atoms with E-state index in [1.165, 1.54) is 42.9 Å². The quantitative estimate of drug-likeness (QED) is 0.482. The zero-order valence-electron chi connectivity index (χ0n) is 12.8. The van der Waals surface area contributed by atoms with E-state index in [0.717, 1.165) is 17.3 Å². The molecule has 0 spiro atoms. The average molecular weight is 384 g/mol. The number of rotatable bonds is 4. The molecule has 0 aromatic heterocycles. The predicted octanol–water partition coefficient (Wildman–Crippen LogP) is 3.36. The molecule has 9 heteroatoms. The summed E-state index contributed by atoms with van der Waals surface area (Å²) in [6.45, 7) is 0. The topological polar surface area (TPSA) is 82.0 Å². The second-order valence-corrected chi connectivity index (χ2v) is 5.72. The first-order valence-electron chi connectivity index (χ1n) is 6.84. The summed E-state index contributed by atoms with van der Waals surface area (Å²) in [5.74, 6) is -2.09. The maximum Gasteiger partial charge on any atom is 0.275 e. The molecule has 0 radical (unpaired) electrons. The number of carbonyl (C=O) groups is 2. The molecule has 0 bridgehead atoms.